The van der Waals surface area contributed by atoms with Gasteiger partial charge in [0.2, 0.25) is 0 Å². The van der Waals surface area contributed by atoms with Crippen molar-refractivity contribution < 1.29 is 32.2 Å². The summed E-state index contributed by atoms with van der Waals surface area (Å²) in [5.74, 6) is -0.557. The lowest BCUT2D eigenvalue weighted by molar-refractivity contribution is 0.0603. The fraction of sp³-hybridized carbons (Fsp3) is 0.185. The van der Waals surface area contributed by atoms with Gasteiger partial charge >= 0.3 is 5.97 Å². The highest BCUT2D eigenvalue weighted by molar-refractivity contribution is 7.92. The fourth-order valence-corrected chi connectivity index (χ4v) is 5.42. The normalized spacial score (nSPS) is 11.2. The van der Waals surface area contributed by atoms with Gasteiger partial charge in [0.15, 0.2) is 11.5 Å². The van der Waals surface area contributed by atoms with Crippen LogP contribution in [0.1, 0.15) is 20.7 Å². The van der Waals surface area contributed by atoms with Crippen LogP contribution in [0, 0.1) is 6.92 Å². The van der Waals surface area contributed by atoms with E-state index in [0.717, 1.165) is 9.87 Å². The maximum Gasteiger partial charge on any atom is 0.340 e. The summed E-state index contributed by atoms with van der Waals surface area (Å²) in [6.45, 7) is 1.35. The van der Waals surface area contributed by atoms with Crippen molar-refractivity contribution in [2.75, 3.05) is 32.2 Å². The standard InChI is InChI=1S/C27H26N2O7S/c1-18-9-11-19(12-10-18)29(37(32,33)20-13-14-24(34-2)25(15-20)35-3)17-26(30)28-16-22(27(31)36-4)21-7-5-6-8-23(21)28/h5-16H,17H2,1-4H3. The predicted octanol–water partition coefficient (Wildman–Crippen LogP) is 4.29. The number of sulfonamides is 1. The topological polar surface area (TPSA) is 104 Å². The number of anilines is 1. The maximum absolute atomic E-state index is 13.9. The van der Waals surface area contributed by atoms with Crippen LogP contribution in [0.25, 0.3) is 10.9 Å². The second-order valence-electron chi connectivity index (χ2n) is 8.18. The summed E-state index contributed by atoms with van der Waals surface area (Å²) in [6.07, 6.45) is 1.37. The van der Waals surface area contributed by atoms with Gasteiger partial charge in [-0.05, 0) is 37.3 Å². The minimum Gasteiger partial charge on any atom is -0.493 e. The Labute approximate surface area is 214 Å². The molecule has 4 aromatic rings. The molecule has 0 radical (unpaired) electrons. The van der Waals surface area contributed by atoms with Crippen molar-refractivity contribution in [1.29, 1.82) is 0 Å². The van der Waals surface area contributed by atoms with Crippen LogP contribution in [0.5, 0.6) is 11.5 Å². The number of methoxy groups -OCH3 is 3. The molecule has 0 aliphatic rings. The van der Waals surface area contributed by atoms with Crippen LogP contribution in [0.15, 0.2) is 77.8 Å². The number of para-hydroxylation sites is 1. The highest BCUT2D eigenvalue weighted by Gasteiger charge is 2.30. The summed E-state index contributed by atoms with van der Waals surface area (Å²) < 4.78 is 45.4. The number of fused-ring (bicyclic) bond motifs is 1. The van der Waals surface area contributed by atoms with Gasteiger partial charge in [-0.2, -0.15) is 0 Å². The molecule has 0 fully saturated rings. The molecule has 9 nitrogen and oxygen atoms in total. The number of hydrogen-bond acceptors (Lipinski definition) is 7. The van der Waals surface area contributed by atoms with Gasteiger partial charge in [-0.3, -0.25) is 13.7 Å². The molecule has 192 valence electrons. The van der Waals surface area contributed by atoms with E-state index < -0.39 is 28.4 Å². The van der Waals surface area contributed by atoms with E-state index in [1.54, 1.807) is 48.5 Å². The van der Waals surface area contributed by atoms with Crippen LogP contribution in [0.2, 0.25) is 0 Å². The molecule has 1 aromatic heterocycles. The van der Waals surface area contributed by atoms with Crippen LogP contribution >= 0.6 is 0 Å². The molecule has 0 bridgehead atoms. The molecule has 0 N–H and O–H groups in total. The van der Waals surface area contributed by atoms with Crippen molar-refractivity contribution in [2.24, 2.45) is 0 Å². The third kappa shape index (κ3) is 4.88. The van der Waals surface area contributed by atoms with Gasteiger partial charge in [0.25, 0.3) is 15.9 Å². The van der Waals surface area contributed by atoms with Crippen molar-refractivity contribution in [3.63, 3.8) is 0 Å². The van der Waals surface area contributed by atoms with Gasteiger partial charge in [0.05, 0.1) is 43.0 Å². The monoisotopic (exact) mass is 522 g/mol. The first-order valence-electron chi connectivity index (χ1n) is 11.2. The lowest BCUT2D eigenvalue weighted by Crippen LogP contribution is -2.37. The Hall–Kier alpha value is -4.31. The molecule has 1 heterocycles. The Morgan fingerprint density at radius 2 is 1.57 bits per heavy atom. The second-order valence-corrected chi connectivity index (χ2v) is 10.0. The van der Waals surface area contributed by atoms with Crippen LogP contribution in [-0.4, -0.2) is 52.7 Å². The minimum atomic E-state index is -4.22. The average molecular weight is 523 g/mol. The van der Waals surface area contributed by atoms with Crippen LogP contribution in [0.4, 0.5) is 5.69 Å². The molecule has 37 heavy (non-hydrogen) atoms. The van der Waals surface area contributed by atoms with E-state index in [4.69, 9.17) is 14.2 Å². The number of benzene rings is 3. The number of rotatable bonds is 8. The number of hydrogen-bond donors (Lipinski definition) is 0. The predicted molar refractivity (Wildman–Crippen MR) is 139 cm³/mol. The number of esters is 1. The number of carbonyl (C=O) groups excluding carboxylic acids is 2. The van der Waals surface area contributed by atoms with E-state index in [1.807, 2.05) is 6.92 Å². The first-order valence-corrected chi connectivity index (χ1v) is 12.7. The molecule has 4 rings (SSSR count). The summed E-state index contributed by atoms with van der Waals surface area (Å²) in [6, 6.07) is 17.9. The van der Waals surface area contributed by atoms with Crippen LogP contribution in [0.3, 0.4) is 0 Å². The lowest BCUT2D eigenvalue weighted by atomic mass is 10.2. The third-order valence-electron chi connectivity index (χ3n) is 5.93. The van der Waals surface area contributed by atoms with Crippen molar-refractivity contribution in [2.45, 2.75) is 11.8 Å². The molecule has 0 saturated carbocycles. The van der Waals surface area contributed by atoms with E-state index in [2.05, 4.69) is 0 Å². The molecular formula is C27H26N2O7S. The summed E-state index contributed by atoms with van der Waals surface area (Å²) in [4.78, 5) is 25.8. The summed E-state index contributed by atoms with van der Waals surface area (Å²) in [5.41, 5.74) is 1.90. The molecule has 3 aromatic carbocycles. The SMILES string of the molecule is COC(=O)c1cn(C(=O)CN(c2ccc(C)cc2)S(=O)(=O)c2ccc(OC)c(OC)c2)c2ccccc12. The van der Waals surface area contributed by atoms with Gasteiger partial charge < -0.3 is 14.2 Å². The number of aryl methyl sites for hydroxylation is 1. The zero-order valence-electron chi connectivity index (χ0n) is 20.8. The smallest absolute Gasteiger partial charge is 0.340 e. The van der Waals surface area contributed by atoms with Crippen molar-refractivity contribution in [3.05, 3.63) is 84.1 Å². The quantitative estimate of drug-likeness (QED) is 0.318. The molecule has 0 aliphatic carbocycles. The Kier molecular flexibility index (Phi) is 7.21. The number of aromatic nitrogens is 1. The van der Waals surface area contributed by atoms with Gasteiger partial charge in [-0.25, -0.2) is 13.2 Å². The van der Waals surface area contributed by atoms with Crippen molar-refractivity contribution in [3.8, 4) is 11.5 Å². The Balaban J connectivity index is 1.81. The fourth-order valence-electron chi connectivity index (χ4n) is 3.99. The Morgan fingerprint density at radius 3 is 2.22 bits per heavy atom. The lowest BCUT2D eigenvalue weighted by Gasteiger charge is -2.24. The Morgan fingerprint density at radius 1 is 0.892 bits per heavy atom. The van der Waals surface area contributed by atoms with E-state index in [9.17, 15) is 18.0 Å². The molecule has 0 unspecified atom stereocenters. The summed E-state index contributed by atoms with van der Waals surface area (Å²) >= 11 is 0. The zero-order valence-corrected chi connectivity index (χ0v) is 21.6. The molecular weight excluding hydrogens is 496 g/mol. The van der Waals surface area contributed by atoms with Gasteiger partial charge in [0, 0.05) is 17.6 Å². The van der Waals surface area contributed by atoms with Crippen LogP contribution < -0.4 is 13.8 Å². The van der Waals surface area contributed by atoms with E-state index in [-0.39, 0.29) is 16.2 Å². The van der Waals surface area contributed by atoms with Crippen molar-refractivity contribution >= 4 is 38.5 Å². The first kappa shape index (κ1) is 25.8. The molecule has 0 atom stereocenters. The van der Waals surface area contributed by atoms with Gasteiger partial charge in [-0.1, -0.05) is 35.9 Å². The molecule has 0 amide bonds. The van der Waals surface area contributed by atoms with Gasteiger partial charge in [-0.15, -0.1) is 0 Å². The number of carbonyl (C=O) groups is 2. The van der Waals surface area contributed by atoms with E-state index in [1.165, 1.54) is 50.3 Å². The number of nitrogens with zero attached hydrogens (tertiary/aromatic N) is 2. The third-order valence-corrected chi connectivity index (χ3v) is 7.70. The largest absolute Gasteiger partial charge is 0.493 e. The average Bonchev–Trinajstić information content (AvgIpc) is 3.31. The number of ether oxygens (including phenoxy) is 3. The van der Waals surface area contributed by atoms with Crippen molar-refractivity contribution in [1.82, 2.24) is 4.57 Å². The zero-order chi connectivity index (χ0) is 26.7. The van der Waals surface area contributed by atoms with E-state index in [0.29, 0.717) is 22.3 Å². The first-order chi connectivity index (χ1) is 17.7. The Bertz CT molecular complexity index is 1570. The van der Waals surface area contributed by atoms with Gasteiger partial charge in [0.1, 0.15) is 6.54 Å². The van der Waals surface area contributed by atoms with E-state index >= 15 is 0 Å². The highest BCUT2D eigenvalue weighted by Crippen LogP contribution is 2.32. The second kappa shape index (κ2) is 10.4. The molecule has 10 heteroatoms. The molecule has 0 spiro atoms. The summed E-state index contributed by atoms with van der Waals surface area (Å²) in [5, 5.41) is 0.521. The molecule has 0 aliphatic heterocycles. The highest BCUT2D eigenvalue weighted by atomic mass is 32.2. The summed E-state index contributed by atoms with van der Waals surface area (Å²) in [7, 11) is -0.108. The maximum atomic E-state index is 13.9. The van der Waals surface area contributed by atoms with Crippen LogP contribution in [-0.2, 0) is 14.8 Å². The minimum absolute atomic E-state index is 0.0776. The molecule has 0 saturated heterocycles.